The summed E-state index contributed by atoms with van der Waals surface area (Å²) in [6, 6.07) is 0. The maximum atomic E-state index is 11.9. The first-order valence-electron chi connectivity index (χ1n) is 12.6. The Morgan fingerprint density at radius 3 is 2.46 bits per heavy atom. The van der Waals surface area contributed by atoms with Gasteiger partial charge in [-0.3, -0.25) is 4.79 Å². The van der Waals surface area contributed by atoms with Crippen LogP contribution in [0.5, 0.6) is 0 Å². The highest BCUT2D eigenvalue weighted by atomic mass is 16.3. The van der Waals surface area contributed by atoms with E-state index in [0.717, 1.165) is 68.1 Å². The van der Waals surface area contributed by atoms with Gasteiger partial charge < -0.3 is 5.11 Å². The maximum Gasteiger partial charge on any atom is 0.132 e. The number of aliphatic hydroxyl groups is 1. The summed E-state index contributed by atoms with van der Waals surface area (Å²) in [5, 5.41) is 10.2. The number of carbonyl (C=O) groups is 1. The van der Waals surface area contributed by atoms with Gasteiger partial charge in [0.05, 0.1) is 6.10 Å². The predicted molar refractivity (Wildman–Crippen MR) is 115 cm³/mol. The first-order valence-corrected chi connectivity index (χ1v) is 12.6. The molecule has 4 fully saturated rings. The zero-order valence-corrected chi connectivity index (χ0v) is 18.7. The van der Waals surface area contributed by atoms with Crippen LogP contribution in [0.2, 0.25) is 0 Å². The van der Waals surface area contributed by atoms with Crippen molar-refractivity contribution in [3.63, 3.8) is 0 Å². The number of aliphatic hydroxyl groups excluding tert-OH is 1. The Morgan fingerprint density at radius 1 is 0.929 bits per heavy atom. The minimum absolute atomic E-state index is 0.0326. The largest absolute Gasteiger partial charge is 0.393 e. The second kappa shape index (κ2) is 8.05. The first kappa shape index (κ1) is 20.9. The predicted octanol–water partition coefficient (Wildman–Crippen LogP) is 6.55. The summed E-state index contributed by atoms with van der Waals surface area (Å²) in [4.78, 5) is 11.9. The molecular formula is C26H44O2. The summed E-state index contributed by atoms with van der Waals surface area (Å²) in [6.45, 7) is 7.33. The number of carbonyl (C=O) groups excluding carboxylic acids is 1. The Bertz CT molecular complexity index is 571. The lowest BCUT2D eigenvalue weighted by molar-refractivity contribution is -0.127. The third-order valence-electron chi connectivity index (χ3n) is 10.4. The highest BCUT2D eigenvalue weighted by Gasteiger charge is 2.59. The normalized spacial score (nSPS) is 47.9. The van der Waals surface area contributed by atoms with Crippen molar-refractivity contribution in [2.45, 2.75) is 117 Å². The molecule has 1 N–H and O–H groups in total. The van der Waals surface area contributed by atoms with Crippen molar-refractivity contribution < 1.29 is 9.90 Å². The van der Waals surface area contributed by atoms with E-state index < -0.39 is 0 Å². The summed E-state index contributed by atoms with van der Waals surface area (Å²) in [7, 11) is 0. The van der Waals surface area contributed by atoms with E-state index in [1.807, 2.05) is 0 Å². The Labute approximate surface area is 173 Å². The van der Waals surface area contributed by atoms with Crippen LogP contribution in [0.4, 0.5) is 0 Å². The van der Waals surface area contributed by atoms with Crippen molar-refractivity contribution >= 4 is 5.78 Å². The molecule has 4 saturated carbocycles. The van der Waals surface area contributed by atoms with E-state index in [2.05, 4.69) is 20.8 Å². The van der Waals surface area contributed by atoms with Crippen molar-refractivity contribution in [2.24, 2.45) is 40.4 Å². The van der Waals surface area contributed by atoms with E-state index >= 15 is 0 Å². The average molecular weight is 389 g/mol. The fourth-order valence-electron chi connectivity index (χ4n) is 8.77. The minimum Gasteiger partial charge on any atom is -0.393 e. The van der Waals surface area contributed by atoms with Crippen molar-refractivity contribution in [3.8, 4) is 0 Å². The minimum atomic E-state index is -0.0326. The van der Waals surface area contributed by atoms with Crippen LogP contribution >= 0.6 is 0 Å². The Hall–Kier alpha value is -0.370. The van der Waals surface area contributed by atoms with Gasteiger partial charge in [-0.15, -0.1) is 0 Å². The zero-order chi connectivity index (χ0) is 19.9. The molecule has 160 valence electrons. The van der Waals surface area contributed by atoms with Gasteiger partial charge in [0.25, 0.3) is 0 Å². The molecule has 8 atom stereocenters. The van der Waals surface area contributed by atoms with Gasteiger partial charge in [0, 0.05) is 12.8 Å². The maximum absolute atomic E-state index is 11.9. The Morgan fingerprint density at radius 2 is 1.68 bits per heavy atom. The smallest absolute Gasteiger partial charge is 0.132 e. The molecule has 0 aromatic heterocycles. The van der Waals surface area contributed by atoms with Gasteiger partial charge in [-0.25, -0.2) is 0 Å². The van der Waals surface area contributed by atoms with Crippen LogP contribution in [-0.2, 0) is 4.79 Å². The number of hydrogen-bond acceptors (Lipinski definition) is 2. The molecule has 4 aliphatic carbocycles. The van der Waals surface area contributed by atoms with E-state index in [4.69, 9.17) is 0 Å². The molecule has 0 aromatic rings. The number of fused-ring (bicyclic) bond motifs is 5. The van der Waals surface area contributed by atoms with Gasteiger partial charge in [0.15, 0.2) is 0 Å². The van der Waals surface area contributed by atoms with E-state index in [-0.39, 0.29) is 6.10 Å². The monoisotopic (exact) mass is 388 g/mol. The zero-order valence-electron chi connectivity index (χ0n) is 18.7. The highest BCUT2D eigenvalue weighted by molar-refractivity contribution is 5.78. The Kier molecular flexibility index (Phi) is 6.00. The van der Waals surface area contributed by atoms with Gasteiger partial charge in [-0.1, -0.05) is 20.8 Å². The molecule has 4 rings (SSSR count). The fraction of sp³-hybridized carbons (Fsp3) is 0.962. The Balaban J connectivity index is 1.41. The van der Waals surface area contributed by atoms with Crippen molar-refractivity contribution in [3.05, 3.63) is 0 Å². The van der Waals surface area contributed by atoms with Crippen LogP contribution in [0.3, 0.4) is 0 Å². The summed E-state index contributed by atoms with van der Waals surface area (Å²) < 4.78 is 0. The summed E-state index contributed by atoms with van der Waals surface area (Å²) >= 11 is 0. The molecule has 0 aromatic carbocycles. The summed E-state index contributed by atoms with van der Waals surface area (Å²) in [6.07, 6.45) is 16.8. The van der Waals surface area contributed by atoms with Crippen molar-refractivity contribution in [1.82, 2.24) is 0 Å². The van der Waals surface area contributed by atoms with E-state index in [9.17, 15) is 9.90 Å². The summed E-state index contributed by atoms with van der Waals surface area (Å²) in [5.74, 6) is 4.86. The van der Waals surface area contributed by atoms with Crippen LogP contribution in [0.1, 0.15) is 111 Å². The lowest BCUT2D eigenvalue weighted by Crippen LogP contribution is -2.53. The quantitative estimate of drug-likeness (QED) is 0.560. The molecule has 0 spiro atoms. The van der Waals surface area contributed by atoms with Crippen LogP contribution in [0, 0.1) is 40.4 Å². The molecular weight excluding hydrogens is 344 g/mol. The second-order valence-electron chi connectivity index (χ2n) is 11.6. The molecule has 2 heteroatoms. The first-order chi connectivity index (χ1) is 13.4. The van der Waals surface area contributed by atoms with E-state index in [1.165, 1.54) is 51.4 Å². The van der Waals surface area contributed by atoms with Crippen LogP contribution in [0.25, 0.3) is 0 Å². The van der Waals surface area contributed by atoms with E-state index in [1.54, 1.807) is 0 Å². The fourth-order valence-corrected chi connectivity index (χ4v) is 8.77. The van der Waals surface area contributed by atoms with Gasteiger partial charge >= 0.3 is 0 Å². The number of rotatable bonds is 6. The molecule has 0 heterocycles. The lowest BCUT2D eigenvalue weighted by Gasteiger charge is -2.61. The topological polar surface area (TPSA) is 37.3 Å². The molecule has 0 radical (unpaired) electrons. The highest BCUT2D eigenvalue weighted by Crippen LogP contribution is 2.67. The molecule has 0 amide bonds. The van der Waals surface area contributed by atoms with Gasteiger partial charge in [0.1, 0.15) is 5.78 Å². The number of ketones is 1. The molecule has 0 saturated heterocycles. The molecule has 0 aliphatic heterocycles. The second-order valence-corrected chi connectivity index (χ2v) is 11.6. The molecule has 4 aliphatic rings. The van der Waals surface area contributed by atoms with Crippen LogP contribution in [-0.4, -0.2) is 17.0 Å². The van der Waals surface area contributed by atoms with Crippen LogP contribution < -0.4 is 0 Å². The van der Waals surface area contributed by atoms with Crippen molar-refractivity contribution in [2.75, 3.05) is 0 Å². The number of hydrogen-bond donors (Lipinski definition) is 1. The van der Waals surface area contributed by atoms with Gasteiger partial charge in [-0.2, -0.15) is 0 Å². The number of Topliss-reactive ketones (excluding diaryl/α,β-unsaturated/α-hetero) is 1. The molecule has 28 heavy (non-hydrogen) atoms. The van der Waals surface area contributed by atoms with Crippen molar-refractivity contribution in [1.29, 1.82) is 0 Å². The lowest BCUT2D eigenvalue weighted by atomic mass is 9.44. The third-order valence-corrected chi connectivity index (χ3v) is 10.4. The molecule has 0 bridgehead atoms. The van der Waals surface area contributed by atoms with E-state index in [0.29, 0.717) is 16.6 Å². The molecule has 2 nitrogen and oxygen atoms in total. The molecule has 7 unspecified atom stereocenters. The summed E-state index contributed by atoms with van der Waals surface area (Å²) in [5.41, 5.74) is 1.03. The van der Waals surface area contributed by atoms with Gasteiger partial charge in [0.2, 0.25) is 0 Å². The van der Waals surface area contributed by atoms with Crippen LogP contribution in [0.15, 0.2) is 0 Å². The third kappa shape index (κ3) is 3.50. The average Bonchev–Trinajstić information content (AvgIpc) is 2.99. The van der Waals surface area contributed by atoms with Gasteiger partial charge in [-0.05, 0) is 117 Å². The SMILES string of the molecule is CCCC(=O)CCCC1CCC2C3CCC4C[C@H](O)CCC4(C)C3CCC12C. The standard InChI is InChI=1S/C26H44O2/c1-4-6-20(27)8-5-7-18-10-12-23-22-11-9-19-17-21(28)13-15-26(19,3)24(22)14-16-25(18,23)2/h18-19,21-24,28H,4-17H2,1-3H3/t18?,19?,21-,22?,23?,24?,25?,26?/m1/s1.